The molecular weight excluding hydrogens is 645 g/mol. The molecule has 1 rings (SSSR count). The van der Waals surface area contributed by atoms with Crippen molar-refractivity contribution in [2.75, 3.05) is 26.4 Å². The van der Waals surface area contributed by atoms with E-state index >= 15 is 0 Å². The van der Waals surface area contributed by atoms with Crippen LogP contribution in [-0.4, -0.2) is 32.4 Å². The molecule has 5 nitrogen and oxygen atoms in total. The van der Waals surface area contributed by atoms with Gasteiger partial charge in [-0.1, -0.05) is 194 Å². The molecule has 0 atom stereocenters. The molecule has 1 aromatic carbocycles. The monoisotopic (exact) mass is 729 g/mol. The number of hydrogen-bond acceptors (Lipinski definition) is 5. The Bertz CT molecular complexity index is 957. The third-order valence-electron chi connectivity index (χ3n) is 10.0. The summed E-state index contributed by atoms with van der Waals surface area (Å²) >= 11 is 0. The van der Waals surface area contributed by atoms with Crippen molar-refractivity contribution in [1.82, 2.24) is 0 Å². The van der Waals surface area contributed by atoms with Crippen LogP contribution in [0.3, 0.4) is 0 Å². The average Bonchev–Trinajstić information content (AvgIpc) is 3.15. The number of unbranched alkanes of at least 4 members (excludes halogenated alkanes) is 27. The van der Waals surface area contributed by atoms with Crippen molar-refractivity contribution in [3.05, 3.63) is 23.8 Å². The lowest BCUT2D eigenvalue weighted by Crippen LogP contribution is -2.05. The highest BCUT2D eigenvalue weighted by molar-refractivity contribution is 5.87. The summed E-state index contributed by atoms with van der Waals surface area (Å²) in [5.74, 6) is 1.87. The minimum Gasteiger partial charge on any atom is -0.493 e. The van der Waals surface area contributed by atoms with Crippen molar-refractivity contribution in [2.45, 2.75) is 220 Å². The van der Waals surface area contributed by atoms with Crippen LogP contribution in [0.15, 0.2) is 18.2 Å². The molecule has 0 N–H and O–H groups in total. The Morgan fingerprint density at radius 3 is 1.08 bits per heavy atom. The molecule has 0 aliphatic carbocycles. The topological polar surface area (TPSA) is 54.0 Å². The van der Waals surface area contributed by atoms with Gasteiger partial charge in [0.2, 0.25) is 0 Å². The van der Waals surface area contributed by atoms with Gasteiger partial charge in [-0.25, -0.2) is 4.79 Å². The van der Waals surface area contributed by atoms with Gasteiger partial charge in [-0.15, -0.1) is 0 Å². The molecule has 0 radical (unpaired) electrons. The zero-order valence-electron chi connectivity index (χ0n) is 34.9. The second-order valence-electron chi connectivity index (χ2n) is 15.0. The van der Waals surface area contributed by atoms with E-state index in [4.69, 9.17) is 18.9 Å². The minimum atomic E-state index is -0.350. The highest BCUT2D eigenvalue weighted by Crippen LogP contribution is 2.37. The number of carbonyl (C=O) groups is 1. The Balaban J connectivity index is 2.77. The van der Waals surface area contributed by atoms with Gasteiger partial charge in [0.15, 0.2) is 11.5 Å². The van der Waals surface area contributed by atoms with Gasteiger partial charge in [0.25, 0.3) is 0 Å². The summed E-state index contributed by atoms with van der Waals surface area (Å²) in [5.41, 5.74) is 0.824. The maximum absolute atomic E-state index is 12.2. The molecule has 302 valence electrons. The number of ether oxygens (including phenoxy) is 4. The van der Waals surface area contributed by atoms with Crippen molar-refractivity contribution in [2.24, 2.45) is 0 Å². The zero-order valence-corrected chi connectivity index (χ0v) is 34.9. The van der Waals surface area contributed by atoms with Crippen molar-refractivity contribution < 1.29 is 23.7 Å². The van der Waals surface area contributed by atoms with Gasteiger partial charge >= 0.3 is 5.97 Å². The molecule has 5 heteroatoms. The summed E-state index contributed by atoms with van der Waals surface area (Å²) in [6.45, 7) is 11.0. The number of esters is 1. The van der Waals surface area contributed by atoms with Crippen LogP contribution in [-0.2, 0) is 9.53 Å². The van der Waals surface area contributed by atoms with Crippen LogP contribution in [0.25, 0.3) is 6.08 Å². The van der Waals surface area contributed by atoms with Crippen molar-refractivity contribution in [3.63, 3.8) is 0 Å². The molecule has 52 heavy (non-hydrogen) atoms. The van der Waals surface area contributed by atoms with Crippen LogP contribution in [0.4, 0.5) is 0 Å². The molecule has 0 spiro atoms. The zero-order chi connectivity index (χ0) is 37.6. The molecular formula is C47H84O5. The molecule has 0 aromatic heterocycles. The Hall–Kier alpha value is -2.17. The maximum atomic E-state index is 12.2. The first-order chi connectivity index (χ1) is 25.7. The quantitative estimate of drug-likeness (QED) is 0.0384. The Labute approximate surface area is 322 Å². The van der Waals surface area contributed by atoms with Gasteiger partial charge in [0.05, 0.1) is 26.4 Å². The van der Waals surface area contributed by atoms with E-state index in [1.807, 2.05) is 19.1 Å². The summed E-state index contributed by atoms with van der Waals surface area (Å²) in [7, 11) is 0. The smallest absolute Gasteiger partial charge is 0.330 e. The van der Waals surface area contributed by atoms with Crippen LogP contribution >= 0.6 is 0 Å². The molecule has 0 bridgehead atoms. The summed E-state index contributed by atoms with van der Waals surface area (Å²) < 4.78 is 24.3. The fourth-order valence-electron chi connectivity index (χ4n) is 6.70. The third-order valence-corrected chi connectivity index (χ3v) is 10.0. The predicted octanol–water partition coefficient (Wildman–Crippen LogP) is 15.2. The molecule has 0 fully saturated rings. The van der Waals surface area contributed by atoms with E-state index in [-0.39, 0.29) is 5.97 Å². The lowest BCUT2D eigenvalue weighted by atomic mass is 10.1. The summed E-state index contributed by atoms with van der Waals surface area (Å²) in [4.78, 5) is 12.2. The molecule has 0 unspecified atom stereocenters. The summed E-state index contributed by atoms with van der Waals surface area (Å²) in [6, 6.07) is 3.99. The van der Waals surface area contributed by atoms with Crippen LogP contribution in [0.2, 0.25) is 0 Å². The molecule has 0 saturated carbocycles. The van der Waals surface area contributed by atoms with E-state index in [0.29, 0.717) is 26.4 Å². The first-order valence-electron chi connectivity index (χ1n) is 22.6. The molecule has 0 aliphatic heterocycles. The van der Waals surface area contributed by atoms with E-state index in [0.717, 1.165) is 42.1 Å². The van der Waals surface area contributed by atoms with Gasteiger partial charge in [0.1, 0.15) is 5.75 Å². The fraction of sp³-hybridized carbons (Fsp3) is 0.809. The van der Waals surface area contributed by atoms with Crippen molar-refractivity contribution >= 4 is 12.0 Å². The first-order valence-corrected chi connectivity index (χ1v) is 22.6. The van der Waals surface area contributed by atoms with Crippen LogP contribution in [0.1, 0.15) is 226 Å². The lowest BCUT2D eigenvalue weighted by Gasteiger charge is -2.17. The van der Waals surface area contributed by atoms with E-state index < -0.39 is 0 Å². The lowest BCUT2D eigenvalue weighted by molar-refractivity contribution is -0.137. The van der Waals surface area contributed by atoms with Crippen molar-refractivity contribution in [1.29, 1.82) is 0 Å². The van der Waals surface area contributed by atoms with E-state index in [1.54, 1.807) is 6.08 Å². The minimum absolute atomic E-state index is 0.350. The predicted molar refractivity (Wildman–Crippen MR) is 224 cm³/mol. The molecule has 1 aromatic rings. The number of hydrogen-bond donors (Lipinski definition) is 0. The van der Waals surface area contributed by atoms with Gasteiger partial charge in [-0.2, -0.15) is 0 Å². The Morgan fingerprint density at radius 1 is 0.423 bits per heavy atom. The van der Waals surface area contributed by atoms with Gasteiger partial charge in [0, 0.05) is 17.7 Å². The highest BCUT2D eigenvalue weighted by atomic mass is 16.5. The molecule has 0 aliphatic rings. The molecule has 0 heterocycles. The molecule has 0 amide bonds. The number of benzene rings is 1. The van der Waals surface area contributed by atoms with Crippen molar-refractivity contribution in [3.8, 4) is 17.2 Å². The van der Waals surface area contributed by atoms with E-state index in [9.17, 15) is 4.79 Å². The third kappa shape index (κ3) is 28.3. The number of rotatable bonds is 39. The van der Waals surface area contributed by atoms with Crippen LogP contribution in [0, 0.1) is 0 Å². The fourth-order valence-corrected chi connectivity index (χ4v) is 6.70. The van der Waals surface area contributed by atoms with Crippen LogP contribution < -0.4 is 14.2 Å². The Kier molecular flexibility index (Phi) is 34.2. The summed E-state index contributed by atoms with van der Waals surface area (Å²) in [6.07, 6.45) is 42.1. The summed E-state index contributed by atoms with van der Waals surface area (Å²) in [5, 5.41) is 0. The maximum Gasteiger partial charge on any atom is 0.330 e. The average molecular weight is 729 g/mol. The second-order valence-corrected chi connectivity index (χ2v) is 15.0. The standard InChI is InChI=1S/C47H84O5/c1-5-9-12-15-18-21-24-27-30-33-38-50-44-42-46(52-40-35-32-29-26-23-20-17-14-11-7-3)45(41-43(44)36-37-47(48)49-8-4)51-39-34-31-28-25-22-19-16-13-10-6-2/h36-37,41-42H,5-35,38-40H2,1-4H3. The van der Waals surface area contributed by atoms with E-state index in [1.165, 1.54) is 179 Å². The van der Waals surface area contributed by atoms with E-state index in [2.05, 4.69) is 20.8 Å². The first kappa shape index (κ1) is 47.9. The highest BCUT2D eigenvalue weighted by Gasteiger charge is 2.14. The SMILES string of the molecule is CCCCCCCCCCCCOc1cc(OCCCCCCCCCCCC)c(OCCCCCCCCCCCC)cc1C=CC(=O)OCC. The molecule has 0 saturated heterocycles. The largest absolute Gasteiger partial charge is 0.493 e. The Morgan fingerprint density at radius 2 is 0.731 bits per heavy atom. The van der Waals surface area contributed by atoms with Gasteiger partial charge in [-0.05, 0) is 38.3 Å². The van der Waals surface area contributed by atoms with Gasteiger partial charge < -0.3 is 18.9 Å². The van der Waals surface area contributed by atoms with Gasteiger partial charge in [-0.3, -0.25) is 0 Å². The van der Waals surface area contributed by atoms with Crippen LogP contribution in [0.5, 0.6) is 17.2 Å². The number of carbonyl (C=O) groups excluding carboxylic acids is 1. The normalized spacial score (nSPS) is 11.4. The second kappa shape index (κ2) is 37.2.